The second-order valence-electron chi connectivity index (χ2n) is 3.85. The van der Waals surface area contributed by atoms with Crippen LogP contribution in [0.5, 0.6) is 0 Å². The van der Waals surface area contributed by atoms with E-state index in [2.05, 4.69) is 25.6 Å². The van der Waals surface area contributed by atoms with Crippen molar-refractivity contribution in [1.29, 1.82) is 0 Å². The molecule has 0 heterocycles. The van der Waals surface area contributed by atoms with Gasteiger partial charge in [-0.3, -0.25) is 0 Å². The molecule has 2 heteroatoms. The van der Waals surface area contributed by atoms with Crippen LogP contribution in [-0.2, 0) is 4.74 Å². The van der Waals surface area contributed by atoms with Crippen LogP contribution in [0.4, 0.5) is 0 Å². The number of methoxy groups -OCH3 is 1. The lowest BCUT2D eigenvalue weighted by Crippen LogP contribution is -1.90. The van der Waals surface area contributed by atoms with E-state index in [1.807, 2.05) is 38.1 Å². The molecule has 1 N–H and O–H groups in total. The minimum absolute atomic E-state index is 0.0475. The predicted octanol–water partition coefficient (Wildman–Crippen LogP) is 4.55. The van der Waals surface area contributed by atoms with E-state index in [0.717, 1.165) is 5.57 Å². The predicted molar refractivity (Wildman–Crippen MR) is 77.5 cm³/mol. The number of rotatable bonds is 3. The third-order valence-electron chi connectivity index (χ3n) is 2.26. The second-order valence-corrected chi connectivity index (χ2v) is 3.85. The van der Waals surface area contributed by atoms with Gasteiger partial charge in [0.05, 0.1) is 7.11 Å². The molecular weight excluding hydrogens is 224 g/mol. The van der Waals surface area contributed by atoms with Gasteiger partial charge in [0.1, 0.15) is 5.76 Å². The van der Waals surface area contributed by atoms with Crippen LogP contribution < -0.4 is 0 Å². The molecule has 0 amide bonds. The van der Waals surface area contributed by atoms with E-state index >= 15 is 0 Å². The lowest BCUT2D eigenvalue weighted by atomic mass is 10.2. The van der Waals surface area contributed by atoms with Gasteiger partial charge in [0.25, 0.3) is 0 Å². The molecule has 0 aliphatic carbocycles. The summed E-state index contributed by atoms with van der Waals surface area (Å²) in [6.07, 6.45) is 3.64. The Morgan fingerprint density at radius 1 is 1.28 bits per heavy atom. The first-order valence-corrected chi connectivity index (χ1v) is 5.79. The number of ether oxygens (including phenoxy) is 1. The van der Waals surface area contributed by atoms with E-state index < -0.39 is 0 Å². The van der Waals surface area contributed by atoms with Crippen LogP contribution in [0.25, 0.3) is 0 Å². The Hall–Kier alpha value is -1.96. The Labute approximate surface area is 110 Å². The van der Waals surface area contributed by atoms with Crippen LogP contribution in [0.1, 0.15) is 19.4 Å². The molecule has 0 bridgehead atoms. The summed E-state index contributed by atoms with van der Waals surface area (Å²) in [5, 5.41) is 8.94. The summed E-state index contributed by atoms with van der Waals surface area (Å²) in [6, 6.07) is 10.3. The van der Waals surface area contributed by atoms with Crippen molar-refractivity contribution < 1.29 is 9.84 Å². The third-order valence-corrected chi connectivity index (χ3v) is 2.26. The van der Waals surface area contributed by atoms with Crippen molar-refractivity contribution in [3.8, 4) is 0 Å². The number of aliphatic hydroxyl groups excluding tert-OH is 1. The Balaban J connectivity index is 0.000000351. The Bertz CT molecular complexity index is 414. The number of allylic oxidation sites excluding steroid dienone is 3. The molecule has 0 fully saturated rings. The van der Waals surface area contributed by atoms with E-state index in [1.54, 1.807) is 6.08 Å². The van der Waals surface area contributed by atoms with Crippen molar-refractivity contribution in [1.82, 2.24) is 0 Å². The highest BCUT2D eigenvalue weighted by molar-refractivity contribution is 5.26. The van der Waals surface area contributed by atoms with Gasteiger partial charge in [0.2, 0.25) is 0 Å². The zero-order chi connectivity index (χ0) is 14.0. The van der Waals surface area contributed by atoms with Crippen LogP contribution in [0.3, 0.4) is 0 Å². The fourth-order valence-corrected chi connectivity index (χ4v) is 1.08. The molecule has 0 atom stereocenters. The van der Waals surface area contributed by atoms with E-state index in [4.69, 9.17) is 9.84 Å². The van der Waals surface area contributed by atoms with Gasteiger partial charge >= 0.3 is 0 Å². The van der Waals surface area contributed by atoms with Crippen molar-refractivity contribution in [2.75, 3.05) is 7.11 Å². The van der Waals surface area contributed by atoms with E-state index in [1.165, 1.54) is 12.7 Å². The van der Waals surface area contributed by atoms with Crippen LogP contribution >= 0.6 is 0 Å². The van der Waals surface area contributed by atoms with Gasteiger partial charge in [-0.2, -0.15) is 0 Å². The first kappa shape index (κ1) is 16.0. The fraction of sp³-hybridized carbons (Fsp3) is 0.250. The first-order chi connectivity index (χ1) is 8.51. The van der Waals surface area contributed by atoms with Crippen molar-refractivity contribution in [3.63, 3.8) is 0 Å². The molecule has 1 rings (SSSR count). The van der Waals surface area contributed by atoms with Gasteiger partial charge in [0, 0.05) is 0 Å². The Kier molecular flexibility index (Phi) is 8.12. The number of aliphatic hydroxyl groups is 1. The van der Waals surface area contributed by atoms with Crippen molar-refractivity contribution in [2.24, 2.45) is 0 Å². The maximum Gasteiger partial charge on any atom is 0.160 e. The standard InChI is InChI=1S/C9H14O2.C7H8/c1-5-7(2)6-9(11-4)8(3)10;1-7-5-3-2-4-6-7/h5-6,10H,3H2,1-2,4H3;2-6H,1H3/b7-5-,9-6+;. The highest BCUT2D eigenvalue weighted by atomic mass is 16.5. The molecule has 0 saturated heterocycles. The summed E-state index contributed by atoms with van der Waals surface area (Å²) in [4.78, 5) is 0. The summed E-state index contributed by atoms with van der Waals surface area (Å²) in [5.74, 6) is 0.356. The third kappa shape index (κ3) is 7.34. The van der Waals surface area contributed by atoms with Gasteiger partial charge in [-0.15, -0.1) is 0 Å². The van der Waals surface area contributed by atoms with Gasteiger partial charge < -0.3 is 9.84 Å². The summed E-state index contributed by atoms with van der Waals surface area (Å²) in [6.45, 7) is 9.27. The average Bonchev–Trinajstić information content (AvgIpc) is 2.36. The molecule has 0 radical (unpaired) electrons. The zero-order valence-electron chi connectivity index (χ0n) is 11.6. The topological polar surface area (TPSA) is 29.5 Å². The maximum absolute atomic E-state index is 8.94. The van der Waals surface area contributed by atoms with E-state index in [-0.39, 0.29) is 5.76 Å². The highest BCUT2D eigenvalue weighted by Gasteiger charge is 1.97. The lowest BCUT2D eigenvalue weighted by molar-refractivity contribution is 0.257. The molecule has 0 spiro atoms. The minimum Gasteiger partial charge on any atom is -0.505 e. The van der Waals surface area contributed by atoms with E-state index in [0.29, 0.717) is 5.76 Å². The van der Waals surface area contributed by atoms with Gasteiger partial charge in [-0.25, -0.2) is 0 Å². The molecule has 1 aromatic rings. The average molecular weight is 246 g/mol. The molecular formula is C16H22O2. The van der Waals surface area contributed by atoms with Gasteiger partial charge in [-0.1, -0.05) is 54.1 Å². The van der Waals surface area contributed by atoms with Crippen LogP contribution in [0.15, 0.2) is 66.2 Å². The zero-order valence-corrected chi connectivity index (χ0v) is 11.6. The normalized spacial score (nSPS) is 11.3. The minimum atomic E-state index is -0.0475. The number of hydrogen-bond acceptors (Lipinski definition) is 2. The largest absolute Gasteiger partial charge is 0.505 e. The summed E-state index contributed by atoms with van der Waals surface area (Å²) in [5.41, 5.74) is 2.35. The molecule has 1 aromatic carbocycles. The summed E-state index contributed by atoms with van der Waals surface area (Å²) in [7, 11) is 1.50. The molecule has 0 aliphatic heterocycles. The number of benzene rings is 1. The van der Waals surface area contributed by atoms with Gasteiger partial charge in [0.15, 0.2) is 5.76 Å². The molecule has 0 unspecified atom stereocenters. The summed E-state index contributed by atoms with van der Waals surface area (Å²) < 4.78 is 4.85. The molecule has 18 heavy (non-hydrogen) atoms. The number of aryl methyl sites for hydroxylation is 1. The van der Waals surface area contributed by atoms with E-state index in [9.17, 15) is 0 Å². The van der Waals surface area contributed by atoms with Crippen molar-refractivity contribution in [2.45, 2.75) is 20.8 Å². The summed E-state index contributed by atoms with van der Waals surface area (Å²) >= 11 is 0. The fourth-order valence-electron chi connectivity index (χ4n) is 1.08. The quantitative estimate of drug-likeness (QED) is 0.626. The molecule has 0 aromatic heterocycles. The Morgan fingerprint density at radius 2 is 1.83 bits per heavy atom. The smallest absolute Gasteiger partial charge is 0.160 e. The molecule has 98 valence electrons. The number of hydrogen-bond donors (Lipinski definition) is 1. The van der Waals surface area contributed by atoms with Crippen molar-refractivity contribution >= 4 is 0 Å². The molecule has 0 saturated carbocycles. The highest BCUT2D eigenvalue weighted by Crippen LogP contribution is 2.08. The molecule has 2 nitrogen and oxygen atoms in total. The lowest BCUT2D eigenvalue weighted by Gasteiger charge is -2.02. The monoisotopic (exact) mass is 246 g/mol. The SMILES string of the molecule is C=C(O)/C(=C\C(C)=C/C)OC.Cc1ccccc1. The second kappa shape index (κ2) is 9.11. The Morgan fingerprint density at radius 3 is 2.11 bits per heavy atom. The molecule has 0 aliphatic rings. The maximum atomic E-state index is 8.94. The van der Waals surface area contributed by atoms with Gasteiger partial charge in [-0.05, 0) is 26.8 Å². The van der Waals surface area contributed by atoms with Crippen LogP contribution in [0.2, 0.25) is 0 Å². The van der Waals surface area contributed by atoms with Crippen molar-refractivity contribution in [3.05, 3.63) is 71.7 Å². The van der Waals surface area contributed by atoms with Crippen LogP contribution in [-0.4, -0.2) is 12.2 Å². The van der Waals surface area contributed by atoms with Crippen LogP contribution in [0, 0.1) is 6.92 Å². The first-order valence-electron chi connectivity index (χ1n) is 5.79.